The highest BCUT2D eigenvalue weighted by Gasteiger charge is 1.78. The van der Waals surface area contributed by atoms with E-state index < -0.39 is 0 Å². The number of aromatic amines is 1. The van der Waals surface area contributed by atoms with E-state index in [2.05, 4.69) is 14.9 Å². The lowest BCUT2D eigenvalue weighted by atomic mass is 10.4. The van der Waals surface area contributed by atoms with Crippen LogP contribution < -0.4 is 0 Å². The first-order chi connectivity index (χ1) is 5.91. The molecule has 0 aromatic carbocycles. The van der Waals surface area contributed by atoms with Crippen molar-refractivity contribution in [2.45, 2.75) is 19.8 Å². The molecule has 1 N–H and O–H groups in total. The third-order valence-electron chi connectivity index (χ3n) is 1.09. The number of hydrogen-bond donors (Lipinski definition) is 1. The summed E-state index contributed by atoms with van der Waals surface area (Å²) in [5, 5.41) is 6.21. The molecule has 0 amide bonds. The highest BCUT2D eigenvalue weighted by molar-refractivity contribution is 5.36. The van der Waals surface area contributed by atoms with E-state index >= 15 is 0 Å². The van der Waals surface area contributed by atoms with Crippen LogP contribution in [0.25, 0.3) is 0 Å². The first kappa shape index (κ1) is 10.7. The minimum Gasteiger partial charge on any atom is -0.468 e. The quantitative estimate of drug-likeness (QED) is 0.548. The molecule has 0 spiro atoms. The van der Waals surface area contributed by atoms with Crippen LogP contribution in [0.3, 0.4) is 0 Å². The smallest absolute Gasteiger partial charge is 0.293 e. The Morgan fingerprint density at radius 2 is 2.50 bits per heavy atom. The van der Waals surface area contributed by atoms with Crippen LogP contribution in [-0.4, -0.2) is 23.3 Å². The maximum Gasteiger partial charge on any atom is 0.293 e. The van der Waals surface area contributed by atoms with Gasteiger partial charge in [-0.25, -0.2) is 0 Å². The van der Waals surface area contributed by atoms with Gasteiger partial charge in [0.1, 0.15) is 0 Å². The molecule has 0 aliphatic rings. The molecular formula is C8H14N2O2. The predicted molar refractivity (Wildman–Crippen MR) is 45.5 cm³/mol. The van der Waals surface area contributed by atoms with Crippen molar-refractivity contribution < 1.29 is 9.53 Å². The molecule has 0 fully saturated rings. The normalized spacial score (nSPS) is 8.08. The first-order valence-electron chi connectivity index (χ1n) is 3.90. The van der Waals surface area contributed by atoms with Crippen LogP contribution in [-0.2, 0) is 9.53 Å². The standard InChI is InChI=1S/C5H10O2.C3H4N2/c1-2-3-4-7-5-6;1-2-4-5-3-1/h5H,2-4H2,1H3;1-3H,(H,4,5). The van der Waals surface area contributed by atoms with Gasteiger partial charge in [-0.15, -0.1) is 0 Å². The van der Waals surface area contributed by atoms with Crippen LogP contribution in [0.4, 0.5) is 0 Å². The fourth-order valence-electron chi connectivity index (χ4n) is 0.491. The van der Waals surface area contributed by atoms with E-state index in [4.69, 9.17) is 0 Å². The number of carbonyl (C=O) groups excluding carboxylic acids is 1. The molecule has 1 rings (SSSR count). The summed E-state index contributed by atoms with van der Waals surface area (Å²) in [5.41, 5.74) is 0. The fourth-order valence-corrected chi connectivity index (χ4v) is 0.491. The number of nitrogens with one attached hydrogen (secondary N) is 1. The number of ether oxygens (including phenoxy) is 1. The minimum absolute atomic E-state index is 0.482. The summed E-state index contributed by atoms with van der Waals surface area (Å²) < 4.78 is 4.39. The SMILES string of the molecule is CCCCOC=O.c1cn[nH]c1. The lowest BCUT2D eigenvalue weighted by molar-refractivity contribution is -0.128. The van der Waals surface area contributed by atoms with E-state index in [0.717, 1.165) is 12.8 Å². The summed E-state index contributed by atoms with van der Waals surface area (Å²) >= 11 is 0. The topological polar surface area (TPSA) is 55.0 Å². The number of carbonyl (C=O) groups is 1. The maximum atomic E-state index is 9.46. The molecule has 68 valence electrons. The van der Waals surface area contributed by atoms with Gasteiger partial charge in [0.25, 0.3) is 6.47 Å². The molecule has 4 nitrogen and oxygen atoms in total. The van der Waals surface area contributed by atoms with E-state index in [-0.39, 0.29) is 0 Å². The van der Waals surface area contributed by atoms with E-state index in [0.29, 0.717) is 13.1 Å². The van der Waals surface area contributed by atoms with Gasteiger partial charge in [-0.3, -0.25) is 9.89 Å². The Hall–Kier alpha value is -1.32. The van der Waals surface area contributed by atoms with Crippen molar-refractivity contribution in [3.8, 4) is 0 Å². The van der Waals surface area contributed by atoms with Crippen molar-refractivity contribution in [1.82, 2.24) is 10.2 Å². The Morgan fingerprint density at radius 3 is 2.83 bits per heavy atom. The molecule has 0 aliphatic heterocycles. The van der Waals surface area contributed by atoms with Crippen LogP contribution in [0, 0.1) is 0 Å². The fraction of sp³-hybridized carbons (Fsp3) is 0.500. The van der Waals surface area contributed by atoms with Gasteiger partial charge >= 0.3 is 0 Å². The van der Waals surface area contributed by atoms with Crippen molar-refractivity contribution in [1.29, 1.82) is 0 Å². The molecule has 1 heterocycles. The zero-order chi connectivity index (χ0) is 9.07. The molecule has 0 aliphatic carbocycles. The Labute approximate surface area is 71.9 Å². The number of nitrogens with zero attached hydrogens (tertiary/aromatic N) is 1. The number of H-pyrrole nitrogens is 1. The average molecular weight is 170 g/mol. The lowest BCUT2D eigenvalue weighted by Gasteiger charge is -1.90. The molecule has 0 bridgehead atoms. The van der Waals surface area contributed by atoms with Gasteiger partial charge in [0, 0.05) is 12.4 Å². The minimum atomic E-state index is 0.482. The Morgan fingerprint density at radius 1 is 1.67 bits per heavy atom. The van der Waals surface area contributed by atoms with Crippen LogP contribution in [0.1, 0.15) is 19.8 Å². The molecule has 1 aromatic heterocycles. The molecule has 0 saturated carbocycles. The monoisotopic (exact) mass is 170 g/mol. The molecule has 0 radical (unpaired) electrons. The molecule has 0 saturated heterocycles. The third kappa shape index (κ3) is 8.68. The molecule has 12 heavy (non-hydrogen) atoms. The summed E-state index contributed by atoms with van der Waals surface area (Å²) in [6.45, 7) is 3.10. The van der Waals surface area contributed by atoms with Gasteiger partial charge in [0.05, 0.1) is 6.61 Å². The average Bonchev–Trinajstić information content (AvgIpc) is 2.62. The number of hydrogen-bond acceptors (Lipinski definition) is 3. The van der Waals surface area contributed by atoms with Crippen LogP contribution in [0.2, 0.25) is 0 Å². The predicted octanol–water partition coefficient (Wildman–Crippen LogP) is 1.37. The largest absolute Gasteiger partial charge is 0.468 e. The van der Waals surface area contributed by atoms with Gasteiger partial charge < -0.3 is 4.74 Å². The molecule has 0 unspecified atom stereocenters. The first-order valence-corrected chi connectivity index (χ1v) is 3.90. The second kappa shape index (κ2) is 9.68. The van der Waals surface area contributed by atoms with E-state index in [9.17, 15) is 4.79 Å². The van der Waals surface area contributed by atoms with Gasteiger partial charge in [-0.2, -0.15) is 5.10 Å². The van der Waals surface area contributed by atoms with E-state index in [1.54, 1.807) is 12.4 Å². The number of unbranched alkanes of at least 4 members (excludes halogenated alkanes) is 1. The number of rotatable bonds is 4. The van der Waals surface area contributed by atoms with Crippen molar-refractivity contribution in [3.05, 3.63) is 18.5 Å². The Bertz CT molecular complexity index is 146. The van der Waals surface area contributed by atoms with E-state index in [1.165, 1.54) is 0 Å². The van der Waals surface area contributed by atoms with Gasteiger partial charge in [-0.05, 0) is 12.5 Å². The summed E-state index contributed by atoms with van der Waals surface area (Å²) in [5.74, 6) is 0. The maximum absolute atomic E-state index is 9.46. The lowest BCUT2D eigenvalue weighted by Crippen LogP contribution is -1.88. The molecule has 1 aromatic rings. The van der Waals surface area contributed by atoms with Crippen molar-refractivity contribution >= 4 is 6.47 Å². The molecular weight excluding hydrogens is 156 g/mol. The van der Waals surface area contributed by atoms with Crippen molar-refractivity contribution in [2.24, 2.45) is 0 Å². The summed E-state index contributed by atoms with van der Waals surface area (Å²) in [7, 11) is 0. The zero-order valence-electron chi connectivity index (χ0n) is 7.19. The van der Waals surface area contributed by atoms with Gasteiger partial charge in [0.15, 0.2) is 0 Å². The second-order valence-corrected chi connectivity index (χ2v) is 2.09. The highest BCUT2D eigenvalue weighted by atomic mass is 16.5. The summed E-state index contributed by atoms with van der Waals surface area (Å²) in [6.07, 6.45) is 5.51. The summed E-state index contributed by atoms with van der Waals surface area (Å²) in [4.78, 5) is 9.46. The van der Waals surface area contributed by atoms with Crippen molar-refractivity contribution in [3.63, 3.8) is 0 Å². The van der Waals surface area contributed by atoms with Crippen LogP contribution >= 0.6 is 0 Å². The van der Waals surface area contributed by atoms with Crippen LogP contribution in [0.15, 0.2) is 18.5 Å². The second-order valence-electron chi connectivity index (χ2n) is 2.09. The Kier molecular flexibility index (Phi) is 8.62. The van der Waals surface area contributed by atoms with Crippen LogP contribution in [0.5, 0.6) is 0 Å². The van der Waals surface area contributed by atoms with E-state index in [1.807, 2.05) is 13.0 Å². The zero-order valence-corrected chi connectivity index (χ0v) is 7.19. The number of aromatic nitrogens is 2. The molecule has 4 heteroatoms. The summed E-state index contributed by atoms with van der Waals surface area (Å²) in [6, 6.07) is 1.83. The third-order valence-corrected chi connectivity index (χ3v) is 1.09. The van der Waals surface area contributed by atoms with Gasteiger partial charge in [-0.1, -0.05) is 13.3 Å². The van der Waals surface area contributed by atoms with Crippen molar-refractivity contribution in [2.75, 3.05) is 6.61 Å². The Balaban J connectivity index is 0.000000211. The van der Waals surface area contributed by atoms with Gasteiger partial charge in [0.2, 0.25) is 0 Å². The highest BCUT2D eigenvalue weighted by Crippen LogP contribution is 1.83. The molecule has 0 atom stereocenters.